The highest BCUT2D eigenvalue weighted by Gasteiger charge is 2.61. The van der Waals surface area contributed by atoms with Gasteiger partial charge in [-0.2, -0.15) is 0 Å². The van der Waals surface area contributed by atoms with E-state index in [0.29, 0.717) is 0 Å². The highest BCUT2D eigenvalue weighted by atomic mass is 79.9. The SMILES string of the molecule is Brc1cccc(-c2ccc3c(c2)C2(c4cc(-c5cccc(Br)c5)ccc4-3)C3CC4CC(C3)CC2C4)c1. The number of fused-ring (bicyclic) bond motifs is 3. The summed E-state index contributed by atoms with van der Waals surface area (Å²) in [7, 11) is 0. The summed E-state index contributed by atoms with van der Waals surface area (Å²) >= 11 is 7.40. The van der Waals surface area contributed by atoms with Crippen LogP contribution < -0.4 is 0 Å². The molecule has 4 aromatic rings. The third-order valence-electron chi connectivity index (χ3n) is 9.96. The second-order valence-corrected chi connectivity index (χ2v) is 13.5. The fourth-order valence-electron chi connectivity index (χ4n) is 8.89. The molecular formula is C34H28Br2. The minimum atomic E-state index is 0.169. The third-order valence-corrected chi connectivity index (χ3v) is 10.9. The van der Waals surface area contributed by atoms with Gasteiger partial charge in [0.05, 0.1) is 0 Å². The summed E-state index contributed by atoms with van der Waals surface area (Å²) in [6, 6.07) is 32.3. The van der Waals surface area contributed by atoms with Gasteiger partial charge in [0.2, 0.25) is 0 Å². The molecule has 36 heavy (non-hydrogen) atoms. The van der Waals surface area contributed by atoms with E-state index in [9.17, 15) is 0 Å². The van der Waals surface area contributed by atoms with E-state index in [1.807, 2.05) is 0 Å². The van der Waals surface area contributed by atoms with Crippen molar-refractivity contribution >= 4 is 31.9 Å². The molecule has 5 aliphatic carbocycles. The predicted molar refractivity (Wildman–Crippen MR) is 156 cm³/mol. The van der Waals surface area contributed by atoms with E-state index in [1.54, 1.807) is 11.1 Å². The average molecular weight is 596 g/mol. The Labute approximate surface area is 230 Å². The zero-order chi connectivity index (χ0) is 24.0. The Morgan fingerprint density at radius 3 is 1.39 bits per heavy atom. The summed E-state index contributed by atoms with van der Waals surface area (Å²) in [4.78, 5) is 0. The standard InChI is InChI=1S/C34H28Br2/c35-28-5-1-3-22(16-28)24-7-9-30-31-10-8-25(23-4-2-6-29(36)17-23)19-33(31)34(32(30)18-24)26-12-20-11-21(14-26)15-27(34)13-20/h1-10,16-21,26-27H,11-15H2. The molecule has 9 rings (SSSR count). The number of hydrogen-bond donors (Lipinski definition) is 0. The molecule has 0 amide bonds. The summed E-state index contributed by atoms with van der Waals surface area (Å²) < 4.78 is 2.29. The van der Waals surface area contributed by atoms with Crippen LogP contribution in [0.15, 0.2) is 93.9 Å². The molecule has 0 radical (unpaired) electrons. The van der Waals surface area contributed by atoms with Crippen molar-refractivity contribution in [2.75, 3.05) is 0 Å². The molecule has 4 aromatic carbocycles. The maximum Gasteiger partial charge on any atom is 0.0272 e. The third kappa shape index (κ3) is 3.04. The lowest BCUT2D eigenvalue weighted by Crippen LogP contribution is -2.55. The minimum Gasteiger partial charge on any atom is -0.0605 e. The molecule has 2 heteroatoms. The summed E-state index contributed by atoms with van der Waals surface area (Å²) in [6.07, 6.45) is 7.13. The molecular weight excluding hydrogens is 568 g/mol. The maximum atomic E-state index is 3.70. The number of benzene rings is 4. The lowest BCUT2D eigenvalue weighted by Gasteiger charge is -2.61. The molecule has 4 saturated carbocycles. The van der Waals surface area contributed by atoms with Gasteiger partial charge in [-0.3, -0.25) is 0 Å². The van der Waals surface area contributed by atoms with Crippen LogP contribution in [0.4, 0.5) is 0 Å². The van der Waals surface area contributed by atoms with E-state index in [2.05, 4.69) is 117 Å². The van der Waals surface area contributed by atoms with Crippen LogP contribution in [0.3, 0.4) is 0 Å². The predicted octanol–water partition coefficient (Wildman–Crippen LogP) is 10.3. The number of hydrogen-bond acceptors (Lipinski definition) is 0. The van der Waals surface area contributed by atoms with Crippen molar-refractivity contribution in [1.29, 1.82) is 0 Å². The molecule has 0 atom stereocenters. The molecule has 0 aromatic heterocycles. The minimum absolute atomic E-state index is 0.169. The van der Waals surface area contributed by atoms with Gasteiger partial charge in [0, 0.05) is 14.4 Å². The molecule has 0 unspecified atom stereocenters. The quantitative estimate of drug-likeness (QED) is 0.216. The van der Waals surface area contributed by atoms with Gasteiger partial charge < -0.3 is 0 Å². The van der Waals surface area contributed by atoms with E-state index in [0.717, 1.165) is 32.6 Å². The molecule has 0 nitrogen and oxygen atoms in total. The first kappa shape index (κ1) is 21.9. The van der Waals surface area contributed by atoms with E-state index >= 15 is 0 Å². The Bertz CT molecular complexity index is 1410. The van der Waals surface area contributed by atoms with Crippen molar-refractivity contribution in [3.8, 4) is 33.4 Å². The van der Waals surface area contributed by atoms with Gasteiger partial charge in [-0.15, -0.1) is 0 Å². The number of halogens is 2. The summed E-state index contributed by atoms with van der Waals surface area (Å²) in [5.74, 6) is 3.44. The van der Waals surface area contributed by atoms with Gasteiger partial charge in [0.15, 0.2) is 0 Å². The Kier molecular flexibility index (Phi) is 4.81. The van der Waals surface area contributed by atoms with Crippen molar-refractivity contribution in [3.63, 3.8) is 0 Å². The Morgan fingerprint density at radius 2 is 0.944 bits per heavy atom. The van der Waals surface area contributed by atoms with E-state index in [1.165, 1.54) is 65.5 Å². The lowest BCUT2D eigenvalue weighted by atomic mass is 9.43. The molecule has 4 bridgehead atoms. The summed E-state index contributed by atoms with van der Waals surface area (Å²) in [6.45, 7) is 0. The summed E-state index contributed by atoms with van der Waals surface area (Å²) in [5.41, 5.74) is 11.7. The van der Waals surface area contributed by atoms with Crippen molar-refractivity contribution in [2.45, 2.75) is 37.5 Å². The molecule has 0 saturated heterocycles. The fourth-order valence-corrected chi connectivity index (χ4v) is 9.69. The average Bonchev–Trinajstić information content (AvgIpc) is 3.16. The topological polar surface area (TPSA) is 0 Å². The van der Waals surface area contributed by atoms with Crippen LogP contribution >= 0.6 is 31.9 Å². The second kappa shape index (κ2) is 7.92. The Hall–Kier alpha value is -2.16. The zero-order valence-electron chi connectivity index (χ0n) is 20.2. The Balaban J connectivity index is 1.37. The van der Waals surface area contributed by atoms with Gasteiger partial charge in [-0.05, 0) is 137 Å². The molecule has 1 spiro atoms. The zero-order valence-corrected chi connectivity index (χ0v) is 23.4. The first-order valence-electron chi connectivity index (χ1n) is 13.4. The second-order valence-electron chi connectivity index (χ2n) is 11.7. The molecule has 178 valence electrons. The highest BCUT2D eigenvalue weighted by Crippen LogP contribution is 2.69. The smallest absolute Gasteiger partial charge is 0.0272 e. The molecule has 4 fully saturated rings. The fraction of sp³-hybridized carbons (Fsp3) is 0.294. The van der Waals surface area contributed by atoms with Crippen LogP contribution in [0, 0.1) is 23.7 Å². The number of rotatable bonds is 2. The molecule has 5 aliphatic rings. The largest absolute Gasteiger partial charge is 0.0605 e. The molecule has 0 aliphatic heterocycles. The maximum absolute atomic E-state index is 3.70. The highest BCUT2D eigenvalue weighted by molar-refractivity contribution is 9.10. The monoisotopic (exact) mass is 594 g/mol. The van der Waals surface area contributed by atoms with Crippen LogP contribution in [-0.2, 0) is 5.41 Å². The van der Waals surface area contributed by atoms with Crippen LogP contribution in [0.5, 0.6) is 0 Å². The van der Waals surface area contributed by atoms with Crippen molar-refractivity contribution in [3.05, 3.63) is 105 Å². The van der Waals surface area contributed by atoms with E-state index < -0.39 is 0 Å². The van der Waals surface area contributed by atoms with Gasteiger partial charge in [0.25, 0.3) is 0 Å². The van der Waals surface area contributed by atoms with Gasteiger partial charge >= 0.3 is 0 Å². The molecule has 0 N–H and O–H groups in total. The van der Waals surface area contributed by atoms with Gasteiger partial charge in [-0.25, -0.2) is 0 Å². The van der Waals surface area contributed by atoms with Crippen molar-refractivity contribution in [1.82, 2.24) is 0 Å². The van der Waals surface area contributed by atoms with Crippen LogP contribution in [-0.4, -0.2) is 0 Å². The van der Waals surface area contributed by atoms with E-state index in [-0.39, 0.29) is 5.41 Å². The Morgan fingerprint density at radius 1 is 0.500 bits per heavy atom. The lowest BCUT2D eigenvalue weighted by molar-refractivity contribution is -0.0399. The van der Waals surface area contributed by atoms with Crippen LogP contribution in [0.2, 0.25) is 0 Å². The van der Waals surface area contributed by atoms with Crippen molar-refractivity contribution < 1.29 is 0 Å². The summed E-state index contributed by atoms with van der Waals surface area (Å²) in [5, 5.41) is 0. The van der Waals surface area contributed by atoms with E-state index in [4.69, 9.17) is 0 Å². The molecule has 0 heterocycles. The van der Waals surface area contributed by atoms with Gasteiger partial charge in [0.1, 0.15) is 0 Å². The van der Waals surface area contributed by atoms with Crippen molar-refractivity contribution in [2.24, 2.45) is 23.7 Å². The van der Waals surface area contributed by atoms with Crippen LogP contribution in [0.1, 0.15) is 43.2 Å². The first-order chi connectivity index (χ1) is 17.6. The van der Waals surface area contributed by atoms with Gasteiger partial charge in [-0.1, -0.05) is 80.4 Å². The normalized spacial score (nSPS) is 26.3. The van der Waals surface area contributed by atoms with Crippen LogP contribution in [0.25, 0.3) is 33.4 Å². The first-order valence-corrected chi connectivity index (χ1v) is 15.0.